The van der Waals surface area contributed by atoms with E-state index in [1.807, 2.05) is 0 Å². The summed E-state index contributed by atoms with van der Waals surface area (Å²) in [7, 11) is 0. The molecular weight excluding hydrogens is 196 g/mol. The van der Waals surface area contributed by atoms with Gasteiger partial charge < -0.3 is 10.2 Å². The van der Waals surface area contributed by atoms with Crippen LogP contribution in [0.1, 0.15) is 0 Å². The summed E-state index contributed by atoms with van der Waals surface area (Å²) in [6.07, 6.45) is 0. The smallest absolute Gasteiger partial charge is 0.317 e. The highest BCUT2D eigenvalue weighted by Crippen LogP contribution is 2.42. The zero-order chi connectivity index (χ0) is 10.9. The van der Waals surface area contributed by atoms with Crippen molar-refractivity contribution in [2.24, 2.45) is 16.9 Å². The predicted octanol–water partition coefficient (Wildman–Crippen LogP) is -0.940. The minimum atomic E-state index is -4.48. The number of halogens is 4. The molecule has 0 unspecified atom stereocenters. The fraction of sp³-hybridized carbons (Fsp3) is 1.00. The number of hydrogen-bond donors (Lipinski definition) is 4. The molecule has 6 N–H and O–H groups in total. The van der Waals surface area contributed by atoms with Crippen LogP contribution in [0, 0.1) is 5.41 Å². The van der Waals surface area contributed by atoms with Gasteiger partial charge in [-0.25, -0.2) is 0 Å². The lowest BCUT2D eigenvalue weighted by atomic mass is 9.84. The number of nitrogens with two attached hydrogens (primary N) is 2. The maximum Gasteiger partial charge on any atom is 0.317 e. The maximum absolute atomic E-state index is 12.4. The first-order valence-electron chi connectivity index (χ1n) is 3.17. The lowest BCUT2D eigenvalue weighted by Crippen LogP contribution is -2.66. The molecule has 80 valence electrons. The highest BCUT2D eigenvalue weighted by molar-refractivity contribution is 4.96. The summed E-state index contributed by atoms with van der Waals surface area (Å²) in [5.41, 5.74) is 4.68. The number of hydrogen-bond acceptors (Lipinski definition) is 4. The first-order valence-corrected chi connectivity index (χ1v) is 3.17. The third-order valence-corrected chi connectivity index (χ3v) is 1.82. The molecule has 0 saturated carbocycles. The molecule has 0 aromatic rings. The van der Waals surface area contributed by atoms with Gasteiger partial charge in [0.1, 0.15) is 0 Å². The standard InChI is InChI=1S/C5H10F4N2O2/c6-4(7,10)3(1-12,2-13)5(8,9)11/h12-13H,1-2,10-11H2. The van der Waals surface area contributed by atoms with Gasteiger partial charge in [0, 0.05) is 0 Å². The van der Waals surface area contributed by atoms with Crippen molar-refractivity contribution in [3.05, 3.63) is 0 Å². The van der Waals surface area contributed by atoms with Gasteiger partial charge in [-0.05, 0) is 0 Å². The number of aliphatic hydroxyl groups is 2. The average molecular weight is 206 g/mol. The summed E-state index contributed by atoms with van der Waals surface area (Å²) >= 11 is 0. The van der Waals surface area contributed by atoms with E-state index in [4.69, 9.17) is 10.2 Å². The van der Waals surface area contributed by atoms with Gasteiger partial charge in [-0.15, -0.1) is 0 Å². The topological polar surface area (TPSA) is 92.5 Å². The van der Waals surface area contributed by atoms with E-state index in [-0.39, 0.29) is 0 Å². The molecule has 0 fully saturated rings. The van der Waals surface area contributed by atoms with E-state index < -0.39 is 30.7 Å². The van der Waals surface area contributed by atoms with Crippen LogP contribution in [-0.2, 0) is 0 Å². The largest absolute Gasteiger partial charge is 0.395 e. The van der Waals surface area contributed by atoms with Crippen molar-refractivity contribution in [2.75, 3.05) is 13.2 Å². The zero-order valence-electron chi connectivity index (χ0n) is 6.48. The summed E-state index contributed by atoms with van der Waals surface area (Å²) in [6.45, 7) is -3.45. The van der Waals surface area contributed by atoms with Gasteiger partial charge in [0.25, 0.3) is 0 Å². The first-order chi connectivity index (χ1) is 5.62. The SMILES string of the molecule is NC(F)(F)C(CO)(CO)C(N)(F)F. The Labute approximate surface area is 71.1 Å². The molecule has 0 bridgehead atoms. The summed E-state index contributed by atoms with van der Waals surface area (Å²) < 4.78 is 49.7. The second-order valence-electron chi connectivity index (χ2n) is 2.64. The van der Waals surface area contributed by atoms with Crippen LogP contribution in [0.4, 0.5) is 17.6 Å². The first kappa shape index (κ1) is 12.6. The van der Waals surface area contributed by atoms with Crippen molar-refractivity contribution >= 4 is 0 Å². The van der Waals surface area contributed by atoms with Gasteiger partial charge >= 0.3 is 12.1 Å². The third kappa shape index (κ3) is 1.90. The predicted molar refractivity (Wildman–Crippen MR) is 34.9 cm³/mol. The van der Waals surface area contributed by atoms with Crippen molar-refractivity contribution < 1.29 is 27.8 Å². The molecule has 0 aromatic carbocycles. The molecule has 0 aliphatic rings. The van der Waals surface area contributed by atoms with E-state index in [1.54, 1.807) is 0 Å². The van der Waals surface area contributed by atoms with Crippen molar-refractivity contribution in [2.45, 2.75) is 12.1 Å². The van der Waals surface area contributed by atoms with E-state index in [0.29, 0.717) is 0 Å². The molecule has 0 spiro atoms. The van der Waals surface area contributed by atoms with Crippen molar-refractivity contribution in [3.63, 3.8) is 0 Å². The molecule has 0 saturated heterocycles. The van der Waals surface area contributed by atoms with Crippen LogP contribution in [0.3, 0.4) is 0 Å². The van der Waals surface area contributed by atoms with Gasteiger partial charge in [0.2, 0.25) is 0 Å². The molecular formula is C5H10F4N2O2. The molecule has 13 heavy (non-hydrogen) atoms. The molecule has 0 amide bonds. The number of alkyl halides is 4. The van der Waals surface area contributed by atoms with E-state index in [2.05, 4.69) is 11.5 Å². The Bertz CT molecular complexity index is 156. The van der Waals surface area contributed by atoms with Crippen LogP contribution in [0.5, 0.6) is 0 Å². The van der Waals surface area contributed by atoms with Gasteiger partial charge in [-0.3, -0.25) is 11.5 Å². The monoisotopic (exact) mass is 206 g/mol. The number of rotatable bonds is 4. The van der Waals surface area contributed by atoms with Gasteiger partial charge in [0.15, 0.2) is 5.41 Å². The van der Waals surface area contributed by atoms with Crippen molar-refractivity contribution in [1.82, 2.24) is 0 Å². The zero-order valence-corrected chi connectivity index (χ0v) is 6.48. The second-order valence-corrected chi connectivity index (χ2v) is 2.64. The summed E-state index contributed by atoms with van der Waals surface area (Å²) in [6, 6.07) is -8.95. The highest BCUT2D eigenvalue weighted by Gasteiger charge is 2.64. The second kappa shape index (κ2) is 3.37. The molecule has 8 heteroatoms. The lowest BCUT2D eigenvalue weighted by molar-refractivity contribution is -0.263. The molecule has 0 radical (unpaired) electrons. The van der Waals surface area contributed by atoms with Crippen LogP contribution in [0.2, 0.25) is 0 Å². The van der Waals surface area contributed by atoms with Crippen molar-refractivity contribution in [1.29, 1.82) is 0 Å². The van der Waals surface area contributed by atoms with E-state index in [1.165, 1.54) is 0 Å². The Morgan fingerprint density at radius 2 is 1.08 bits per heavy atom. The summed E-state index contributed by atoms with van der Waals surface area (Å²) in [5.74, 6) is 0. The van der Waals surface area contributed by atoms with Crippen LogP contribution in [-0.4, -0.2) is 35.5 Å². The van der Waals surface area contributed by atoms with Crippen LogP contribution in [0.15, 0.2) is 0 Å². The lowest BCUT2D eigenvalue weighted by Gasteiger charge is -2.38. The van der Waals surface area contributed by atoms with Crippen molar-refractivity contribution in [3.8, 4) is 0 Å². The van der Waals surface area contributed by atoms with Gasteiger partial charge in [0.05, 0.1) is 13.2 Å². The Balaban J connectivity index is 5.17. The highest BCUT2D eigenvalue weighted by atomic mass is 19.3. The van der Waals surface area contributed by atoms with E-state index >= 15 is 0 Å². The third-order valence-electron chi connectivity index (χ3n) is 1.82. The van der Waals surface area contributed by atoms with Gasteiger partial charge in [-0.1, -0.05) is 0 Å². The Hall–Kier alpha value is -0.440. The Morgan fingerprint density at radius 3 is 1.08 bits per heavy atom. The fourth-order valence-corrected chi connectivity index (χ4v) is 0.694. The Kier molecular flexibility index (Phi) is 3.26. The molecule has 0 aliphatic heterocycles. The van der Waals surface area contributed by atoms with Crippen LogP contribution >= 0.6 is 0 Å². The van der Waals surface area contributed by atoms with E-state index in [9.17, 15) is 17.6 Å². The number of aliphatic hydroxyl groups excluding tert-OH is 2. The quantitative estimate of drug-likeness (QED) is 0.353. The Morgan fingerprint density at radius 1 is 0.846 bits per heavy atom. The van der Waals surface area contributed by atoms with E-state index in [0.717, 1.165) is 0 Å². The normalized spacial score (nSPS) is 14.8. The molecule has 0 atom stereocenters. The maximum atomic E-state index is 12.4. The van der Waals surface area contributed by atoms with Crippen LogP contribution in [0.25, 0.3) is 0 Å². The molecule has 4 nitrogen and oxygen atoms in total. The molecule has 0 aliphatic carbocycles. The minimum Gasteiger partial charge on any atom is -0.395 e. The fourth-order valence-electron chi connectivity index (χ4n) is 0.694. The summed E-state index contributed by atoms with van der Waals surface area (Å²) in [4.78, 5) is 0. The molecule has 0 rings (SSSR count). The molecule has 0 aromatic heterocycles. The molecule has 0 heterocycles. The summed E-state index contributed by atoms with van der Waals surface area (Å²) in [5, 5.41) is 16.7. The minimum absolute atomic E-state index is 1.73. The van der Waals surface area contributed by atoms with Gasteiger partial charge in [-0.2, -0.15) is 17.6 Å². The average Bonchev–Trinajstić information content (AvgIpc) is 1.84. The van der Waals surface area contributed by atoms with Crippen LogP contribution < -0.4 is 11.5 Å².